The molecule has 0 spiro atoms. The maximum Gasteiger partial charge on any atom is 0.311 e. The number of Topliss-reactive ketones (excluding diaryl/α,β-unsaturated/α-hetero) is 1. The summed E-state index contributed by atoms with van der Waals surface area (Å²) in [6.45, 7) is 2.89. The van der Waals surface area contributed by atoms with Gasteiger partial charge in [0.05, 0.1) is 11.5 Å². The van der Waals surface area contributed by atoms with E-state index < -0.39 is 12.4 Å². The van der Waals surface area contributed by atoms with Crippen molar-refractivity contribution in [2.75, 3.05) is 6.61 Å². The number of aliphatic carboxylic acids is 1. The molecule has 1 aromatic rings. The molecule has 0 amide bonds. The fraction of sp³-hybridized carbons (Fsp3) is 0.667. The van der Waals surface area contributed by atoms with Gasteiger partial charge in [-0.2, -0.15) is 0 Å². The number of unbranched alkanes of at least 4 members (excludes halogenated alkanes) is 8. The van der Waals surface area contributed by atoms with E-state index >= 15 is 0 Å². The minimum atomic E-state index is -1.10. The third kappa shape index (κ3) is 9.39. The smallest absolute Gasteiger partial charge is 0.311 e. The highest BCUT2D eigenvalue weighted by atomic mass is 32.1. The van der Waals surface area contributed by atoms with Crippen molar-refractivity contribution in [2.24, 2.45) is 0 Å². The highest BCUT2D eigenvalue weighted by molar-refractivity contribution is 7.15. The highest BCUT2D eigenvalue weighted by Gasteiger charge is 2.13. The van der Waals surface area contributed by atoms with Gasteiger partial charge in [0, 0.05) is 0 Å². The SMILES string of the molecule is CCCCCCCCCCCOc1ccc(C(=O)CC(=O)O)s1. The summed E-state index contributed by atoms with van der Waals surface area (Å²) in [5, 5.41) is 9.30. The summed E-state index contributed by atoms with van der Waals surface area (Å²) in [6.07, 6.45) is 11.0. The van der Waals surface area contributed by atoms with Crippen molar-refractivity contribution in [3.05, 3.63) is 17.0 Å². The van der Waals surface area contributed by atoms with Crippen molar-refractivity contribution in [2.45, 2.75) is 71.1 Å². The number of rotatable bonds is 14. The van der Waals surface area contributed by atoms with Crippen molar-refractivity contribution >= 4 is 23.1 Å². The fourth-order valence-electron chi connectivity index (χ4n) is 2.36. The van der Waals surface area contributed by atoms with Crippen LogP contribution >= 0.6 is 11.3 Å². The third-order valence-electron chi connectivity index (χ3n) is 3.66. The molecule has 23 heavy (non-hydrogen) atoms. The Morgan fingerprint density at radius 2 is 1.61 bits per heavy atom. The van der Waals surface area contributed by atoms with E-state index in [9.17, 15) is 9.59 Å². The van der Waals surface area contributed by atoms with E-state index in [0.29, 0.717) is 16.5 Å². The molecule has 0 aromatic carbocycles. The first kappa shape index (κ1) is 19.7. The summed E-state index contributed by atoms with van der Waals surface area (Å²) >= 11 is 1.23. The number of thiophene rings is 1. The third-order valence-corrected chi connectivity index (χ3v) is 4.70. The summed E-state index contributed by atoms with van der Waals surface area (Å²) in [7, 11) is 0. The van der Waals surface area contributed by atoms with Crippen molar-refractivity contribution in [3.8, 4) is 5.06 Å². The molecule has 5 heteroatoms. The molecule has 0 saturated carbocycles. The van der Waals surface area contributed by atoms with Crippen LogP contribution < -0.4 is 4.74 Å². The van der Waals surface area contributed by atoms with Crippen molar-refractivity contribution in [1.82, 2.24) is 0 Å². The van der Waals surface area contributed by atoms with E-state index in [-0.39, 0.29) is 5.78 Å². The van der Waals surface area contributed by atoms with Crippen LogP contribution in [0.15, 0.2) is 12.1 Å². The quantitative estimate of drug-likeness (QED) is 0.283. The molecule has 130 valence electrons. The van der Waals surface area contributed by atoms with Crippen LogP contribution in [-0.4, -0.2) is 23.5 Å². The Hall–Kier alpha value is -1.36. The second-order valence-corrected chi connectivity index (χ2v) is 6.84. The molecule has 0 unspecified atom stereocenters. The van der Waals surface area contributed by atoms with Gasteiger partial charge < -0.3 is 9.84 Å². The molecular weight excluding hydrogens is 312 g/mol. The summed E-state index contributed by atoms with van der Waals surface area (Å²) in [5.41, 5.74) is 0. The molecule has 0 bridgehead atoms. The van der Waals surface area contributed by atoms with Gasteiger partial charge in [-0.25, -0.2) is 0 Å². The summed E-state index contributed by atoms with van der Waals surface area (Å²) < 4.78 is 5.62. The number of hydrogen-bond donors (Lipinski definition) is 1. The molecule has 0 fully saturated rings. The number of ether oxygens (including phenoxy) is 1. The van der Waals surface area contributed by atoms with Gasteiger partial charge in [0.15, 0.2) is 10.8 Å². The first-order valence-corrected chi connectivity index (χ1v) is 9.42. The van der Waals surface area contributed by atoms with Crippen LogP contribution in [0.25, 0.3) is 0 Å². The lowest BCUT2D eigenvalue weighted by Crippen LogP contribution is -2.04. The normalized spacial score (nSPS) is 10.7. The van der Waals surface area contributed by atoms with Gasteiger partial charge in [0.1, 0.15) is 6.42 Å². The molecule has 0 aliphatic rings. The average Bonchev–Trinajstić information content (AvgIpc) is 2.97. The van der Waals surface area contributed by atoms with E-state index in [2.05, 4.69) is 6.92 Å². The van der Waals surface area contributed by atoms with Crippen LogP contribution in [0, 0.1) is 0 Å². The standard InChI is InChI=1S/C18H28O4S/c1-2-3-4-5-6-7-8-9-10-13-22-18-12-11-16(23-18)15(19)14-17(20)21/h11-12H,2-10,13-14H2,1H3,(H,20,21). The first-order valence-electron chi connectivity index (χ1n) is 8.61. The minimum Gasteiger partial charge on any atom is -0.484 e. The van der Waals surface area contributed by atoms with Gasteiger partial charge in [-0.15, -0.1) is 0 Å². The molecule has 0 aliphatic carbocycles. The van der Waals surface area contributed by atoms with E-state index in [4.69, 9.17) is 9.84 Å². The van der Waals surface area contributed by atoms with E-state index in [0.717, 1.165) is 6.42 Å². The fourth-order valence-corrected chi connectivity index (χ4v) is 3.17. The van der Waals surface area contributed by atoms with Gasteiger partial charge in [-0.3, -0.25) is 9.59 Å². The zero-order valence-corrected chi connectivity index (χ0v) is 14.8. The van der Waals surface area contributed by atoms with Gasteiger partial charge in [0.2, 0.25) is 0 Å². The van der Waals surface area contributed by atoms with Gasteiger partial charge in [-0.1, -0.05) is 69.6 Å². The van der Waals surface area contributed by atoms with Gasteiger partial charge in [0.25, 0.3) is 0 Å². The Morgan fingerprint density at radius 1 is 1.00 bits per heavy atom. The molecule has 1 rings (SSSR count). The molecule has 4 nitrogen and oxygen atoms in total. The Balaban J connectivity index is 2.05. The molecule has 1 N–H and O–H groups in total. The minimum absolute atomic E-state index is 0.361. The van der Waals surface area contributed by atoms with E-state index in [1.807, 2.05) is 0 Å². The predicted octanol–water partition coefficient (Wildman–Crippen LogP) is 5.32. The van der Waals surface area contributed by atoms with Crippen LogP contribution in [-0.2, 0) is 4.79 Å². The lowest BCUT2D eigenvalue weighted by Gasteiger charge is -2.04. The maximum atomic E-state index is 11.6. The van der Waals surface area contributed by atoms with Crippen LogP contribution in [0.2, 0.25) is 0 Å². The largest absolute Gasteiger partial charge is 0.484 e. The second-order valence-electron chi connectivity index (χ2n) is 5.79. The zero-order valence-electron chi connectivity index (χ0n) is 14.0. The van der Waals surface area contributed by atoms with Crippen molar-refractivity contribution < 1.29 is 19.4 Å². The summed E-state index contributed by atoms with van der Waals surface area (Å²) in [4.78, 5) is 22.6. The number of carboxylic acids is 1. The summed E-state index contributed by atoms with van der Waals surface area (Å²) in [5.74, 6) is -1.46. The Kier molecular flexibility index (Phi) is 10.4. The zero-order chi connectivity index (χ0) is 16.9. The molecule has 0 aliphatic heterocycles. The van der Waals surface area contributed by atoms with Crippen LogP contribution in [0.3, 0.4) is 0 Å². The molecule has 0 atom stereocenters. The maximum absolute atomic E-state index is 11.6. The number of carbonyl (C=O) groups excluding carboxylic acids is 1. The molecule has 0 saturated heterocycles. The van der Waals surface area contributed by atoms with Gasteiger partial charge in [-0.05, 0) is 18.6 Å². The second kappa shape index (κ2) is 12.1. The molecule has 1 aromatic heterocycles. The topological polar surface area (TPSA) is 63.6 Å². The number of ketones is 1. The molecule has 0 radical (unpaired) electrons. The van der Waals surface area contributed by atoms with Crippen LogP contribution in [0.4, 0.5) is 0 Å². The number of hydrogen-bond acceptors (Lipinski definition) is 4. The molecular formula is C18H28O4S. The molecule has 1 heterocycles. The lowest BCUT2D eigenvalue weighted by atomic mass is 10.1. The summed E-state index contributed by atoms with van der Waals surface area (Å²) in [6, 6.07) is 3.38. The van der Waals surface area contributed by atoms with Gasteiger partial charge >= 0.3 is 5.97 Å². The average molecular weight is 340 g/mol. The van der Waals surface area contributed by atoms with Crippen LogP contribution in [0.5, 0.6) is 5.06 Å². The monoisotopic (exact) mass is 340 g/mol. The van der Waals surface area contributed by atoms with E-state index in [1.165, 1.54) is 62.7 Å². The first-order chi connectivity index (χ1) is 11.1. The van der Waals surface area contributed by atoms with Crippen molar-refractivity contribution in [1.29, 1.82) is 0 Å². The Labute approximate surface area is 142 Å². The highest BCUT2D eigenvalue weighted by Crippen LogP contribution is 2.25. The Morgan fingerprint density at radius 3 is 2.22 bits per heavy atom. The van der Waals surface area contributed by atoms with Crippen LogP contribution in [0.1, 0.15) is 80.8 Å². The number of carbonyl (C=O) groups is 2. The Bertz CT molecular complexity index is 467. The van der Waals surface area contributed by atoms with E-state index in [1.54, 1.807) is 12.1 Å². The van der Waals surface area contributed by atoms with Crippen molar-refractivity contribution in [3.63, 3.8) is 0 Å². The predicted molar refractivity (Wildman–Crippen MR) is 93.6 cm³/mol. The lowest BCUT2D eigenvalue weighted by molar-refractivity contribution is -0.135. The number of carboxylic acid groups (broad SMARTS) is 1.